The molecule has 312 valence electrons. The molecule has 0 aliphatic rings. The summed E-state index contributed by atoms with van der Waals surface area (Å²) >= 11 is 3.57. The summed E-state index contributed by atoms with van der Waals surface area (Å²) in [7, 11) is 0. The van der Waals surface area contributed by atoms with Gasteiger partial charge in [0, 0.05) is 13.1 Å². The molecule has 0 aliphatic heterocycles. The number of carbonyl (C=O) groups is 1. The molecule has 0 bridgehead atoms. The summed E-state index contributed by atoms with van der Waals surface area (Å²) in [5.41, 5.74) is 0. The molecule has 0 aromatic rings. The first-order chi connectivity index (χ1) is 23.7. The molecule has 0 spiro atoms. The Morgan fingerprint density at radius 1 is 0.385 bits per heavy atom. The van der Waals surface area contributed by atoms with Crippen LogP contribution in [0.5, 0.6) is 0 Å². The van der Waals surface area contributed by atoms with Gasteiger partial charge in [-0.15, -0.1) is 0 Å². The summed E-state index contributed by atoms with van der Waals surface area (Å²) in [6.45, 7) is 2.46. The second-order valence-electron chi connectivity index (χ2n) is 13.2. The molecule has 0 heterocycles. The van der Waals surface area contributed by atoms with Crippen LogP contribution in [0, 0.1) is 0 Å². The van der Waals surface area contributed by atoms with Crippen molar-refractivity contribution in [2.75, 3.05) is 13.1 Å². The number of halogens is 17. The number of unbranched alkanes of at least 4 members (excludes halogenated alkanes) is 18. The summed E-state index contributed by atoms with van der Waals surface area (Å²) in [6.07, 6.45) is 13.8. The highest BCUT2D eigenvalue weighted by Gasteiger charge is 2.95. The van der Waals surface area contributed by atoms with Gasteiger partial charge in [-0.3, -0.25) is 4.79 Å². The highest BCUT2D eigenvalue weighted by molar-refractivity contribution is 6.22. The van der Waals surface area contributed by atoms with Gasteiger partial charge in [-0.25, -0.2) is 0 Å². The van der Waals surface area contributed by atoms with Crippen LogP contribution in [0.1, 0.15) is 142 Å². The molecule has 0 unspecified atom stereocenters. The van der Waals surface area contributed by atoms with E-state index in [0.717, 1.165) is 77.0 Å². The van der Waals surface area contributed by atoms with Crippen molar-refractivity contribution in [3.05, 3.63) is 0 Å². The Kier molecular flexibility index (Phi) is 20.5. The van der Waals surface area contributed by atoms with Crippen molar-refractivity contribution in [3.8, 4) is 0 Å². The largest absolute Gasteiger partial charge is 0.393 e. The molecule has 0 N–H and O–H groups in total. The van der Waals surface area contributed by atoms with E-state index >= 15 is 0 Å². The minimum Gasteiger partial charge on any atom is -0.337 e. The van der Waals surface area contributed by atoms with Crippen molar-refractivity contribution < 1.29 is 75.0 Å². The molecule has 0 rings (SSSR count). The van der Waals surface area contributed by atoms with E-state index in [2.05, 4.69) is 11.6 Å². The average molecular weight is 816 g/mol. The van der Waals surface area contributed by atoms with E-state index in [1.165, 1.54) is 0 Å². The first-order valence-corrected chi connectivity index (χ1v) is 18.1. The van der Waals surface area contributed by atoms with Crippen LogP contribution < -0.4 is 0 Å². The zero-order valence-electron chi connectivity index (χ0n) is 29.3. The number of hydrogen-bond donors (Lipinski definition) is 0. The lowest BCUT2D eigenvalue weighted by atomic mass is 9.88. The van der Waals surface area contributed by atoms with Crippen molar-refractivity contribution in [2.45, 2.75) is 189 Å². The Balaban J connectivity index is 6.04. The third kappa shape index (κ3) is 12.1. The van der Waals surface area contributed by atoms with Gasteiger partial charge < -0.3 is 4.90 Å². The smallest absolute Gasteiger partial charge is 0.337 e. The predicted molar refractivity (Wildman–Crippen MR) is 166 cm³/mol. The van der Waals surface area contributed by atoms with Gasteiger partial charge in [0.15, 0.2) is 0 Å². The summed E-state index contributed by atoms with van der Waals surface area (Å²) in [5, 5.41) is -6.85. The van der Waals surface area contributed by atoms with Gasteiger partial charge in [-0.05, 0) is 24.4 Å². The van der Waals surface area contributed by atoms with E-state index in [-0.39, 0.29) is 30.6 Å². The molecule has 19 heteroatoms. The SMILES string of the molecule is CCCCCCCCCCCCN(CCCCCCCCCCCC)C(=O)C(F)(F)C(F)(F)C(F)(F)C(F)(F)C(F)(F)C(F)(F)C(F)(F)C(F)(F)Cl. The van der Waals surface area contributed by atoms with Crippen molar-refractivity contribution in [1.29, 1.82) is 0 Å². The quantitative estimate of drug-likeness (QED) is 0.0402. The highest BCUT2D eigenvalue weighted by atomic mass is 35.5. The number of rotatable bonds is 30. The molecule has 0 aromatic heterocycles. The topological polar surface area (TPSA) is 20.3 Å². The van der Waals surface area contributed by atoms with Crippen LogP contribution in [-0.2, 0) is 4.79 Å². The second-order valence-corrected chi connectivity index (χ2v) is 13.6. The van der Waals surface area contributed by atoms with E-state index in [1.54, 1.807) is 0 Å². The Labute approximate surface area is 299 Å². The van der Waals surface area contributed by atoms with Crippen molar-refractivity contribution in [3.63, 3.8) is 0 Å². The van der Waals surface area contributed by atoms with Crippen LogP contribution in [0.25, 0.3) is 0 Å². The monoisotopic (exact) mass is 815 g/mol. The van der Waals surface area contributed by atoms with Crippen LogP contribution in [0.2, 0.25) is 0 Å². The standard InChI is InChI=1S/C33H50ClF16NO/c1-3-5-7-9-11-13-15-17-19-21-23-51(24-22-20-18-16-14-12-10-8-6-4-2)25(52)26(35,36)27(37,38)28(39,40)29(41,42)30(43,44)31(45,46)32(47,48)33(34,49)50/h3-24H2,1-2H3. The van der Waals surface area contributed by atoms with Gasteiger partial charge in [-0.1, -0.05) is 129 Å². The Hall–Kier alpha value is -1.36. The van der Waals surface area contributed by atoms with E-state index in [1.807, 2.05) is 13.8 Å². The molecule has 0 fully saturated rings. The van der Waals surface area contributed by atoms with Crippen LogP contribution in [0.3, 0.4) is 0 Å². The molecular formula is C33H50ClF16NO. The minimum atomic E-state index is -8.60. The highest BCUT2D eigenvalue weighted by Crippen LogP contribution is 2.64. The lowest BCUT2D eigenvalue weighted by Crippen LogP contribution is -2.75. The van der Waals surface area contributed by atoms with E-state index in [9.17, 15) is 75.0 Å². The Bertz CT molecular complexity index is 996. The predicted octanol–water partition coefficient (Wildman–Crippen LogP) is 13.9. The van der Waals surface area contributed by atoms with Crippen molar-refractivity contribution >= 4 is 17.5 Å². The molecule has 0 aromatic carbocycles. The minimum absolute atomic E-state index is 0.0629. The van der Waals surface area contributed by atoms with E-state index < -0.39 is 65.8 Å². The van der Waals surface area contributed by atoms with Crippen LogP contribution in [0.15, 0.2) is 0 Å². The first-order valence-electron chi connectivity index (χ1n) is 17.7. The van der Waals surface area contributed by atoms with Crippen LogP contribution in [-0.4, -0.2) is 70.7 Å². The molecule has 0 saturated carbocycles. The van der Waals surface area contributed by atoms with Crippen LogP contribution in [0.4, 0.5) is 70.2 Å². The molecule has 0 radical (unpaired) electrons. The maximum absolute atomic E-state index is 14.9. The summed E-state index contributed by atoms with van der Waals surface area (Å²) in [6, 6.07) is 0. The van der Waals surface area contributed by atoms with Crippen molar-refractivity contribution in [2.24, 2.45) is 0 Å². The third-order valence-corrected chi connectivity index (χ3v) is 9.08. The zero-order valence-corrected chi connectivity index (χ0v) is 30.1. The molecule has 0 aliphatic carbocycles. The number of carbonyl (C=O) groups excluding carboxylic acids is 1. The van der Waals surface area contributed by atoms with Gasteiger partial charge in [0.05, 0.1) is 0 Å². The summed E-state index contributed by atoms with van der Waals surface area (Å²) in [4.78, 5) is 12.6. The summed E-state index contributed by atoms with van der Waals surface area (Å²) < 4.78 is 224. The number of nitrogens with zero attached hydrogens (tertiary/aromatic N) is 1. The van der Waals surface area contributed by atoms with E-state index in [4.69, 9.17) is 0 Å². The fraction of sp³-hybridized carbons (Fsp3) is 0.970. The second kappa shape index (κ2) is 21.1. The molecule has 2 nitrogen and oxygen atoms in total. The molecule has 0 atom stereocenters. The number of amides is 1. The third-order valence-electron chi connectivity index (χ3n) is 8.84. The number of hydrogen-bond acceptors (Lipinski definition) is 1. The average Bonchev–Trinajstić information content (AvgIpc) is 3.03. The normalized spacial score (nSPS) is 14.3. The van der Waals surface area contributed by atoms with Gasteiger partial charge in [0.1, 0.15) is 0 Å². The Morgan fingerprint density at radius 2 is 0.615 bits per heavy atom. The van der Waals surface area contributed by atoms with E-state index in [0.29, 0.717) is 25.7 Å². The van der Waals surface area contributed by atoms with Gasteiger partial charge in [0.2, 0.25) is 0 Å². The maximum atomic E-state index is 14.9. The summed E-state index contributed by atoms with van der Waals surface area (Å²) in [5.74, 6) is -59.9. The number of alkyl halides is 17. The maximum Gasteiger partial charge on any atom is 0.393 e. The molecular weight excluding hydrogens is 766 g/mol. The zero-order chi connectivity index (χ0) is 40.7. The van der Waals surface area contributed by atoms with Gasteiger partial charge >= 0.3 is 46.8 Å². The lowest BCUT2D eigenvalue weighted by Gasteiger charge is -2.43. The lowest BCUT2D eigenvalue weighted by molar-refractivity contribution is -0.446. The molecule has 52 heavy (non-hydrogen) atoms. The van der Waals surface area contributed by atoms with Crippen molar-refractivity contribution in [1.82, 2.24) is 4.90 Å². The van der Waals surface area contributed by atoms with Gasteiger partial charge in [0.25, 0.3) is 5.91 Å². The fourth-order valence-corrected chi connectivity index (χ4v) is 5.51. The fourth-order valence-electron chi connectivity index (χ4n) is 5.39. The van der Waals surface area contributed by atoms with Gasteiger partial charge in [-0.2, -0.15) is 70.2 Å². The molecule has 0 saturated heterocycles. The first kappa shape index (κ1) is 50.6. The Morgan fingerprint density at radius 3 is 0.885 bits per heavy atom. The molecule has 1 amide bonds. The van der Waals surface area contributed by atoms with Crippen LogP contribution >= 0.6 is 11.6 Å².